The lowest BCUT2D eigenvalue weighted by atomic mass is 9.74. The van der Waals surface area contributed by atoms with Crippen LogP contribution in [0.25, 0.3) is 0 Å². The summed E-state index contributed by atoms with van der Waals surface area (Å²) >= 11 is 0. The van der Waals surface area contributed by atoms with Gasteiger partial charge in [-0.1, -0.05) is 76.8 Å². The first kappa shape index (κ1) is 24.4. The zero-order valence-corrected chi connectivity index (χ0v) is 18.8. The van der Waals surface area contributed by atoms with Gasteiger partial charge in [0, 0.05) is 0 Å². The number of benzene rings is 1. The molecule has 1 nitrogen and oxygen atoms in total. The lowest BCUT2D eigenvalue weighted by molar-refractivity contribution is -0.236. The highest BCUT2D eigenvalue weighted by atomic mass is 19.4. The normalized spacial score (nSPS) is 28.3. The average molecular weight is 443 g/mol. The van der Waals surface area contributed by atoms with E-state index in [0.29, 0.717) is 5.92 Å². The molecule has 0 radical (unpaired) electrons. The first-order chi connectivity index (χ1) is 14.8. The van der Waals surface area contributed by atoms with E-state index in [2.05, 4.69) is 11.7 Å². The fraction of sp³-hybridized carbons (Fsp3) is 0.769. The highest BCUT2D eigenvalue weighted by Crippen LogP contribution is 2.40. The van der Waals surface area contributed by atoms with E-state index in [-0.39, 0.29) is 5.75 Å². The highest BCUT2D eigenvalue weighted by molar-refractivity contribution is 5.29. The molecule has 2 aliphatic rings. The lowest BCUT2D eigenvalue weighted by Gasteiger charge is -2.32. The monoisotopic (exact) mass is 442 g/mol. The third kappa shape index (κ3) is 7.68. The molecule has 176 valence electrons. The minimum absolute atomic E-state index is 0.0772. The van der Waals surface area contributed by atoms with Gasteiger partial charge in [0.05, 0.1) is 0 Å². The molecule has 2 saturated carbocycles. The second-order valence-corrected chi connectivity index (χ2v) is 9.87. The molecule has 0 N–H and O–H groups in total. The van der Waals surface area contributed by atoms with Crippen LogP contribution in [-0.4, -0.2) is 12.5 Å². The van der Waals surface area contributed by atoms with Crippen LogP contribution in [0.4, 0.5) is 17.6 Å². The van der Waals surface area contributed by atoms with Crippen LogP contribution < -0.4 is 4.74 Å². The molecule has 0 heterocycles. The molecule has 1 unspecified atom stereocenters. The summed E-state index contributed by atoms with van der Waals surface area (Å²) in [7, 11) is 0. The van der Waals surface area contributed by atoms with Crippen molar-refractivity contribution in [3.8, 4) is 5.75 Å². The van der Waals surface area contributed by atoms with E-state index in [1.165, 1.54) is 82.8 Å². The molecule has 5 heteroatoms. The Morgan fingerprint density at radius 2 is 1.29 bits per heavy atom. The molecule has 2 fully saturated rings. The van der Waals surface area contributed by atoms with Crippen LogP contribution >= 0.6 is 0 Å². The zero-order valence-electron chi connectivity index (χ0n) is 18.8. The number of ether oxygens (including phenoxy) is 1. The molecule has 0 saturated heterocycles. The Morgan fingerprint density at radius 3 is 1.77 bits per heavy atom. The predicted octanol–water partition coefficient (Wildman–Crippen LogP) is 8.97. The third-order valence-corrected chi connectivity index (χ3v) is 7.61. The lowest BCUT2D eigenvalue weighted by Crippen LogP contribution is -2.29. The first-order valence-corrected chi connectivity index (χ1v) is 12.3. The van der Waals surface area contributed by atoms with E-state index < -0.39 is 12.5 Å². The van der Waals surface area contributed by atoms with E-state index in [1.807, 2.05) is 0 Å². The molecule has 1 atom stereocenters. The molecule has 0 bridgehead atoms. The van der Waals surface area contributed by atoms with Crippen molar-refractivity contribution in [2.24, 2.45) is 17.8 Å². The van der Waals surface area contributed by atoms with Crippen molar-refractivity contribution in [3.63, 3.8) is 0 Å². The van der Waals surface area contributed by atoms with Crippen molar-refractivity contribution in [1.82, 2.24) is 0 Å². The van der Waals surface area contributed by atoms with Gasteiger partial charge in [-0.25, -0.2) is 0 Å². The minimum atomic E-state index is -4.99. The van der Waals surface area contributed by atoms with Gasteiger partial charge in [0.2, 0.25) is 0 Å². The van der Waals surface area contributed by atoms with Crippen molar-refractivity contribution < 1.29 is 22.3 Å². The summed E-state index contributed by atoms with van der Waals surface area (Å²) in [6.45, 7) is 2.28. The second kappa shape index (κ2) is 11.6. The van der Waals surface area contributed by atoms with Gasteiger partial charge in [0.25, 0.3) is 0 Å². The van der Waals surface area contributed by atoms with E-state index in [0.717, 1.165) is 36.2 Å². The van der Waals surface area contributed by atoms with Crippen molar-refractivity contribution in [1.29, 1.82) is 0 Å². The Morgan fingerprint density at radius 1 is 0.806 bits per heavy atom. The first-order valence-electron chi connectivity index (χ1n) is 12.3. The molecule has 31 heavy (non-hydrogen) atoms. The van der Waals surface area contributed by atoms with E-state index in [4.69, 9.17) is 0 Å². The van der Waals surface area contributed by atoms with E-state index in [9.17, 15) is 17.6 Å². The summed E-state index contributed by atoms with van der Waals surface area (Å²) < 4.78 is 54.2. The van der Waals surface area contributed by atoms with Crippen LogP contribution in [0.5, 0.6) is 5.75 Å². The standard InChI is InChI=1S/C26H38F4O/c1-2-3-4-19-5-7-20(8-6-19)9-10-21-11-13-22(14-12-21)23-15-17-24(18-16-23)31-25(27)26(28,29)30/h15-22,25H,2-14H2,1H3. The molecular weight excluding hydrogens is 404 g/mol. The molecule has 3 rings (SSSR count). The topological polar surface area (TPSA) is 9.23 Å². The van der Waals surface area contributed by atoms with Gasteiger partial charge in [-0.15, -0.1) is 0 Å². The highest BCUT2D eigenvalue weighted by Gasteiger charge is 2.42. The molecule has 0 aromatic heterocycles. The van der Waals surface area contributed by atoms with Gasteiger partial charge in [-0.2, -0.15) is 17.6 Å². The Kier molecular flexibility index (Phi) is 9.09. The summed E-state index contributed by atoms with van der Waals surface area (Å²) in [6, 6.07) is 6.49. The van der Waals surface area contributed by atoms with Crippen LogP contribution in [-0.2, 0) is 0 Å². The molecule has 0 amide bonds. The fourth-order valence-corrected chi connectivity index (χ4v) is 5.56. The van der Waals surface area contributed by atoms with Gasteiger partial charge in [0.1, 0.15) is 5.75 Å². The van der Waals surface area contributed by atoms with E-state index >= 15 is 0 Å². The quantitative estimate of drug-likeness (QED) is 0.347. The van der Waals surface area contributed by atoms with Crippen molar-refractivity contribution >= 4 is 0 Å². The molecule has 0 aliphatic heterocycles. The number of hydrogen-bond donors (Lipinski definition) is 0. The van der Waals surface area contributed by atoms with Crippen molar-refractivity contribution in [2.75, 3.05) is 0 Å². The maximum atomic E-state index is 13.0. The Labute approximate surface area is 184 Å². The van der Waals surface area contributed by atoms with Gasteiger partial charge < -0.3 is 4.74 Å². The molecule has 2 aliphatic carbocycles. The number of rotatable bonds is 9. The number of alkyl halides is 4. The summed E-state index contributed by atoms with van der Waals surface area (Å²) in [5.74, 6) is 3.09. The molecule has 0 spiro atoms. The predicted molar refractivity (Wildman–Crippen MR) is 117 cm³/mol. The van der Waals surface area contributed by atoms with Gasteiger partial charge in [0.15, 0.2) is 0 Å². The smallest absolute Gasteiger partial charge is 0.452 e. The SMILES string of the molecule is CCCCC1CCC(CCC2CCC(c3ccc(OC(F)C(F)(F)F)cc3)CC2)CC1. The molecular formula is C26H38F4O. The van der Waals surface area contributed by atoms with Crippen LogP contribution in [0.2, 0.25) is 0 Å². The van der Waals surface area contributed by atoms with Crippen molar-refractivity contribution in [3.05, 3.63) is 29.8 Å². The van der Waals surface area contributed by atoms with Crippen LogP contribution in [0.3, 0.4) is 0 Å². The van der Waals surface area contributed by atoms with Gasteiger partial charge >= 0.3 is 12.5 Å². The second-order valence-electron chi connectivity index (χ2n) is 9.87. The van der Waals surface area contributed by atoms with Crippen molar-refractivity contribution in [2.45, 2.75) is 109 Å². The maximum absolute atomic E-state index is 13.0. The van der Waals surface area contributed by atoms with Crippen LogP contribution in [0.15, 0.2) is 24.3 Å². The number of hydrogen-bond acceptors (Lipinski definition) is 1. The van der Waals surface area contributed by atoms with Crippen LogP contribution in [0.1, 0.15) is 102 Å². The number of unbranched alkanes of at least 4 members (excludes halogenated alkanes) is 1. The van der Waals surface area contributed by atoms with Gasteiger partial charge in [-0.05, 0) is 67.1 Å². The van der Waals surface area contributed by atoms with Gasteiger partial charge in [-0.3, -0.25) is 0 Å². The summed E-state index contributed by atoms with van der Waals surface area (Å²) in [5.41, 5.74) is 1.12. The Hall–Kier alpha value is -1.26. The molecule has 1 aromatic carbocycles. The average Bonchev–Trinajstić information content (AvgIpc) is 2.77. The maximum Gasteiger partial charge on any atom is 0.457 e. The third-order valence-electron chi connectivity index (χ3n) is 7.61. The fourth-order valence-electron chi connectivity index (χ4n) is 5.56. The Bertz CT molecular complexity index is 626. The summed E-state index contributed by atoms with van der Waals surface area (Å²) in [4.78, 5) is 0. The van der Waals surface area contributed by atoms with E-state index in [1.54, 1.807) is 12.1 Å². The summed E-state index contributed by atoms with van der Waals surface area (Å²) in [5, 5.41) is 0. The van der Waals surface area contributed by atoms with Crippen LogP contribution in [0, 0.1) is 17.8 Å². The number of halogens is 4. The zero-order chi connectivity index (χ0) is 22.3. The minimum Gasteiger partial charge on any atom is -0.452 e. The Balaban J connectivity index is 1.35. The largest absolute Gasteiger partial charge is 0.457 e. The summed E-state index contributed by atoms with van der Waals surface area (Å²) in [6.07, 6.45) is 9.02. The molecule has 1 aromatic rings.